The number of nitrogens with zero attached hydrogens (tertiary/aromatic N) is 1. The average molecular weight is 413 g/mol. The van der Waals surface area contributed by atoms with Crippen molar-refractivity contribution in [3.63, 3.8) is 0 Å². The van der Waals surface area contributed by atoms with Crippen molar-refractivity contribution >= 4 is 12.1 Å². The lowest BCUT2D eigenvalue weighted by molar-refractivity contribution is -0.147. The number of benzene rings is 1. The number of esters is 1. The molecule has 1 saturated heterocycles. The number of cyclic esters (lactones) is 1. The maximum absolute atomic E-state index is 13.3. The summed E-state index contributed by atoms with van der Waals surface area (Å²) in [4.78, 5) is 27.8. The molecule has 1 amide bonds. The fourth-order valence-electron chi connectivity index (χ4n) is 6.76. The second kappa shape index (κ2) is 7.00. The Kier molecular flexibility index (Phi) is 4.36. The molecule has 5 heteroatoms. The Morgan fingerprint density at radius 2 is 1.87 bits per heavy atom. The van der Waals surface area contributed by atoms with Gasteiger partial charge >= 0.3 is 12.1 Å². The van der Waals surface area contributed by atoms with Crippen molar-refractivity contribution in [2.75, 3.05) is 0 Å². The topological polar surface area (TPSA) is 55.8 Å². The van der Waals surface area contributed by atoms with Crippen LogP contribution in [0.1, 0.15) is 66.2 Å². The van der Waals surface area contributed by atoms with E-state index in [-0.39, 0.29) is 12.0 Å². The molecule has 0 aromatic heterocycles. The van der Waals surface area contributed by atoms with Gasteiger partial charge in [0, 0.05) is 5.41 Å². The lowest BCUT2D eigenvalue weighted by Gasteiger charge is -2.38. The third-order valence-corrected chi connectivity index (χ3v) is 7.80. The van der Waals surface area contributed by atoms with Gasteiger partial charge in [-0.05, 0) is 67.3 Å². The predicted molar refractivity (Wildman–Crippen MR) is 112 cm³/mol. The smallest absolute Gasteiger partial charge is 0.413 e. The van der Waals surface area contributed by atoms with Gasteiger partial charge in [-0.1, -0.05) is 51.1 Å². The molecule has 1 aromatic carbocycles. The molecule has 4 saturated carbocycles. The highest BCUT2D eigenvalue weighted by Crippen LogP contribution is 2.67. The van der Waals surface area contributed by atoms with E-state index in [4.69, 9.17) is 9.47 Å². The van der Waals surface area contributed by atoms with Crippen molar-refractivity contribution in [3.8, 4) is 0 Å². The molecule has 2 unspecified atom stereocenters. The number of carbonyl (C=O) groups excluding carboxylic acids is 2. The first-order valence-corrected chi connectivity index (χ1v) is 11.3. The predicted octanol–water partition coefficient (Wildman–Crippen LogP) is 5.14. The maximum Gasteiger partial charge on any atom is 0.413 e. The van der Waals surface area contributed by atoms with Gasteiger partial charge in [-0.3, -0.25) is 4.90 Å². The van der Waals surface area contributed by atoms with E-state index in [9.17, 15) is 11.0 Å². The van der Waals surface area contributed by atoms with Gasteiger partial charge in [0.2, 0.25) is 0 Å². The number of carbonyl (C=O) groups is 2. The number of rotatable bonds is 4. The van der Waals surface area contributed by atoms with Crippen LogP contribution in [0.5, 0.6) is 0 Å². The van der Waals surface area contributed by atoms with E-state index in [1.165, 1.54) is 24.2 Å². The first kappa shape index (κ1) is 18.7. The summed E-state index contributed by atoms with van der Waals surface area (Å²) in [7, 11) is 0. The van der Waals surface area contributed by atoms with Crippen LogP contribution >= 0.6 is 0 Å². The Bertz CT molecular complexity index is 867. The molecule has 162 valence electrons. The monoisotopic (exact) mass is 412 g/mol. The van der Waals surface area contributed by atoms with Crippen LogP contribution in [-0.2, 0) is 20.9 Å². The summed E-state index contributed by atoms with van der Waals surface area (Å²) in [5, 5.41) is 0. The number of hydrogen-bond acceptors (Lipinski definition) is 4. The minimum atomic E-state index is -1.73. The highest BCUT2D eigenvalue weighted by atomic mass is 16.6. The summed E-state index contributed by atoms with van der Waals surface area (Å²) in [6.45, 7) is 5.88. The summed E-state index contributed by atoms with van der Waals surface area (Å²) in [5.74, 6) is 1.40. The summed E-state index contributed by atoms with van der Waals surface area (Å²) >= 11 is 0. The van der Waals surface area contributed by atoms with Gasteiger partial charge < -0.3 is 9.47 Å². The molecular formula is C25H33NO4. The SMILES string of the molecule is [2H][C@]1(CC23CC4CC(CC2C4)C3)C(=O)O[C@@H](C(C)(C)C)N1C(=O)OCc1ccccc1. The van der Waals surface area contributed by atoms with Gasteiger partial charge in [-0.25, -0.2) is 9.59 Å². The molecular weight excluding hydrogens is 378 g/mol. The van der Waals surface area contributed by atoms with Gasteiger partial charge in [0.1, 0.15) is 12.6 Å². The Labute approximate surface area is 180 Å². The van der Waals surface area contributed by atoms with Crippen molar-refractivity contribution in [3.05, 3.63) is 35.9 Å². The van der Waals surface area contributed by atoms with Crippen molar-refractivity contribution in [2.24, 2.45) is 28.6 Å². The summed E-state index contributed by atoms with van der Waals surface area (Å²) in [6, 6.07) is 7.74. The first-order valence-electron chi connectivity index (χ1n) is 11.8. The first-order chi connectivity index (χ1) is 14.6. The number of amides is 1. The molecule has 6 rings (SSSR count). The standard InChI is InChI=1S/C25H33NO4/c1-24(2,3)22-26(23(28)29-15-16-7-5-4-6-8-16)20(21(27)30-22)14-25-12-17-9-18(13-25)11-19(25)10-17/h4-8,17-20,22H,9-15H2,1-3H3/t17?,18?,19?,20-,22-,25?/m0/s1/i20D. The van der Waals surface area contributed by atoms with Gasteiger partial charge in [0.25, 0.3) is 0 Å². The summed E-state index contributed by atoms with van der Waals surface area (Å²) < 4.78 is 20.6. The molecule has 5 fully saturated rings. The minimum absolute atomic E-state index is 0.0148. The lowest BCUT2D eigenvalue weighted by atomic mass is 9.71. The summed E-state index contributed by atoms with van der Waals surface area (Å²) in [6.07, 6.45) is 4.78. The molecule has 1 aromatic rings. The van der Waals surface area contributed by atoms with E-state index in [1.807, 2.05) is 51.1 Å². The average Bonchev–Trinajstić information content (AvgIpc) is 3.20. The third-order valence-electron chi connectivity index (χ3n) is 7.80. The van der Waals surface area contributed by atoms with E-state index in [0.717, 1.165) is 30.2 Å². The maximum atomic E-state index is 13.3. The fraction of sp³-hybridized carbons (Fsp3) is 0.680. The van der Waals surface area contributed by atoms with Crippen LogP contribution < -0.4 is 0 Å². The number of hydrogen-bond donors (Lipinski definition) is 0. The van der Waals surface area contributed by atoms with Crippen LogP contribution in [0.25, 0.3) is 0 Å². The van der Waals surface area contributed by atoms with E-state index >= 15 is 0 Å². The van der Waals surface area contributed by atoms with Crippen LogP contribution in [0.3, 0.4) is 0 Å². The third kappa shape index (κ3) is 3.30. The molecule has 1 aliphatic heterocycles. The van der Waals surface area contributed by atoms with E-state index in [0.29, 0.717) is 12.3 Å². The van der Waals surface area contributed by atoms with Crippen molar-refractivity contribution in [1.82, 2.24) is 4.90 Å². The molecule has 1 heterocycles. The molecule has 0 spiro atoms. The largest absolute Gasteiger partial charge is 0.444 e. The molecule has 4 bridgehead atoms. The zero-order valence-corrected chi connectivity index (χ0v) is 18.2. The fourth-order valence-corrected chi connectivity index (χ4v) is 6.76. The van der Waals surface area contributed by atoms with E-state index < -0.39 is 29.7 Å². The van der Waals surface area contributed by atoms with Crippen molar-refractivity contribution in [2.45, 2.75) is 78.1 Å². The quantitative estimate of drug-likeness (QED) is 0.643. The second-order valence-corrected chi connectivity index (χ2v) is 11.1. The van der Waals surface area contributed by atoms with Crippen LogP contribution in [0, 0.1) is 28.6 Å². The Balaban J connectivity index is 1.42. The molecule has 0 radical (unpaired) electrons. The Morgan fingerprint density at radius 1 is 1.20 bits per heavy atom. The lowest BCUT2D eigenvalue weighted by Crippen LogP contribution is -2.49. The normalized spacial score (nSPS) is 39.9. The van der Waals surface area contributed by atoms with Gasteiger partial charge in [-0.2, -0.15) is 0 Å². The molecule has 4 aliphatic carbocycles. The van der Waals surface area contributed by atoms with Crippen LogP contribution in [-0.4, -0.2) is 29.2 Å². The van der Waals surface area contributed by atoms with Crippen LogP contribution in [0.2, 0.25) is 0 Å². The Hall–Kier alpha value is -2.04. The second-order valence-electron chi connectivity index (χ2n) is 11.1. The molecule has 4 atom stereocenters. The van der Waals surface area contributed by atoms with Crippen LogP contribution in [0.15, 0.2) is 30.3 Å². The highest BCUT2D eigenvalue weighted by Gasteiger charge is 2.61. The van der Waals surface area contributed by atoms with Crippen LogP contribution in [0.4, 0.5) is 4.79 Å². The molecule has 30 heavy (non-hydrogen) atoms. The van der Waals surface area contributed by atoms with E-state index in [2.05, 4.69) is 0 Å². The van der Waals surface area contributed by atoms with Gasteiger partial charge in [0.05, 0.1) is 1.37 Å². The summed E-state index contributed by atoms with van der Waals surface area (Å²) in [5.41, 5.74) is 0.337. The molecule has 0 N–H and O–H groups in total. The van der Waals surface area contributed by atoms with Gasteiger partial charge in [0.15, 0.2) is 6.23 Å². The van der Waals surface area contributed by atoms with E-state index in [1.54, 1.807) is 0 Å². The zero-order chi connectivity index (χ0) is 22.0. The Morgan fingerprint density at radius 3 is 2.50 bits per heavy atom. The number of ether oxygens (including phenoxy) is 2. The molecule has 5 nitrogen and oxygen atoms in total. The zero-order valence-electron chi connectivity index (χ0n) is 19.2. The highest BCUT2D eigenvalue weighted by molar-refractivity contribution is 5.84. The van der Waals surface area contributed by atoms with Crippen molar-refractivity contribution < 1.29 is 20.4 Å². The van der Waals surface area contributed by atoms with Gasteiger partial charge in [-0.15, -0.1) is 0 Å². The minimum Gasteiger partial charge on any atom is -0.444 e. The molecule has 5 aliphatic rings. The van der Waals surface area contributed by atoms with Crippen molar-refractivity contribution in [1.29, 1.82) is 0 Å².